The Morgan fingerprint density at radius 2 is 1.89 bits per heavy atom. The highest BCUT2D eigenvalue weighted by atomic mass is 32.2. The van der Waals surface area contributed by atoms with E-state index in [0.717, 1.165) is 25.8 Å². The van der Waals surface area contributed by atoms with E-state index in [1.54, 1.807) is 0 Å². The summed E-state index contributed by atoms with van der Waals surface area (Å²) in [6.45, 7) is 0.724. The van der Waals surface area contributed by atoms with Crippen LogP contribution in [0.15, 0.2) is 0 Å². The van der Waals surface area contributed by atoms with Gasteiger partial charge in [-0.05, 0) is 38.5 Å². The van der Waals surface area contributed by atoms with Gasteiger partial charge in [-0.25, -0.2) is 8.42 Å². The highest BCUT2D eigenvalue weighted by molar-refractivity contribution is 7.91. The molecule has 1 N–H and O–H groups in total. The number of likely N-dealkylation sites (tertiary alicyclic amines) is 1. The van der Waals surface area contributed by atoms with E-state index in [9.17, 15) is 13.2 Å². The fourth-order valence-corrected chi connectivity index (χ4v) is 4.90. The summed E-state index contributed by atoms with van der Waals surface area (Å²) >= 11 is 0. The Morgan fingerprint density at radius 3 is 2.58 bits per heavy atom. The van der Waals surface area contributed by atoms with Crippen molar-refractivity contribution in [2.24, 2.45) is 0 Å². The maximum Gasteiger partial charge on any atom is 0.239 e. The van der Waals surface area contributed by atoms with E-state index in [0.29, 0.717) is 12.5 Å². The van der Waals surface area contributed by atoms with Gasteiger partial charge in [0, 0.05) is 18.6 Å². The Labute approximate surface area is 114 Å². The summed E-state index contributed by atoms with van der Waals surface area (Å²) in [6.07, 6.45) is 5.74. The van der Waals surface area contributed by atoms with Gasteiger partial charge < -0.3 is 10.2 Å². The highest BCUT2D eigenvalue weighted by Gasteiger charge is 2.38. The van der Waals surface area contributed by atoms with E-state index in [4.69, 9.17) is 0 Å². The summed E-state index contributed by atoms with van der Waals surface area (Å²) in [6, 6.07) is 0.352. The molecular weight excluding hydrogens is 264 g/mol. The van der Waals surface area contributed by atoms with Gasteiger partial charge in [0.1, 0.15) is 0 Å². The van der Waals surface area contributed by atoms with Crippen molar-refractivity contribution >= 4 is 15.7 Å². The van der Waals surface area contributed by atoms with Gasteiger partial charge in [-0.1, -0.05) is 0 Å². The molecule has 0 aromatic heterocycles. The number of nitrogens with one attached hydrogen (secondary N) is 1. The molecular formula is C13H22N2O3S. The number of hydrogen-bond acceptors (Lipinski definition) is 4. The van der Waals surface area contributed by atoms with E-state index in [-0.39, 0.29) is 29.5 Å². The van der Waals surface area contributed by atoms with Crippen LogP contribution in [-0.2, 0) is 14.6 Å². The number of sulfone groups is 1. The van der Waals surface area contributed by atoms with Crippen LogP contribution in [0.5, 0.6) is 0 Å². The molecule has 3 aliphatic rings. The van der Waals surface area contributed by atoms with Crippen LogP contribution in [0.4, 0.5) is 0 Å². The quantitative estimate of drug-likeness (QED) is 0.811. The molecule has 0 aromatic carbocycles. The maximum absolute atomic E-state index is 12.5. The topological polar surface area (TPSA) is 66.5 Å². The van der Waals surface area contributed by atoms with Crippen LogP contribution in [0, 0.1) is 0 Å². The Balaban J connectivity index is 1.67. The van der Waals surface area contributed by atoms with E-state index in [2.05, 4.69) is 5.32 Å². The van der Waals surface area contributed by atoms with Crippen molar-refractivity contribution in [3.05, 3.63) is 0 Å². The average molecular weight is 286 g/mol. The van der Waals surface area contributed by atoms with E-state index < -0.39 is 9.84 Å². The molecule has 5 nitrogen and oxygen atoms in total. The lowest BCUT2D eigenvalue weighted by molar-refractivity contribution is -0.138. The highest BCUT2D eigenvalue weighted by Crippen LogP contribution is 2.25. The number of nitrogens with zero attached hydrogens (tertiary/aromatic N) is 1. The van der Waals surface area contributed by atoms with Crippen molar-refractivity contribution in [3.63, 3.8) is 0 Å². The normalized spacial score (nSPS) is 35.4. The van der Waals surface area contributed by atoms with E-state index in [1.165, 1.54) is 12.8 Å². The Morgan fingerprint density at radius 1 is 1.11 bits per heavy atom. The fraction of sp³-hybridized carbons (Fsp3) is 0.923. The minimum atomic E-state index is -2.95. The predicted molar refractivity (Wildman–Crippen MR) is 72.6 cm³/mol. The van der Waals surface area contributed by atoms with Crippen molar-refractivity contribution in [3.8, 4) is 0 Å². The molecule has 6 heteroatoms. The largest absolute Gasteiger partial charge is 0.337 e. The number of carbonyl (C=O) groups is 1. The molecule has 2 aliphatic heterocycles. The van der Waals surface area contributed by atoms with Crippen LogP contribution in [0.25, 0.3) is 0 Å². The number of hydrogen-bond donors (Lipinski definition) is 1. The second kappa shape index (κ2) is 5.05. The minimum Gasteiger partial charge on any atom is -0.337 e. The second-order valence-corrected chi connectivity index (χ2v) is 8.31. The molecule has 108 valence electrons. The zero-order chi connectivity index (χ0) is 13.5. The lowest BCUT2D eigenvalue weighted by Crippen LogP contribution is -2.56. The van der Waals surface area contributed by atoms with Crippen LogP contribution >= 0.6 is 0 Å². The van der Waals surface area contributed by atoms with Crippen LogP contribution in [0.2, 0.25) is 0 Å². The van der Waals surface area contributed by atoms with Crippen molar-refractivity contribution in [2.75, 3.05) is 18.1 Å². The Kier molecular flexibility index (Phi) is 3.55. The molecule has 2 heterocycles. The lowest BCUT2D eigenvalue weighted by Gasteiger charge is -2.39. The van der Waals surface area contributed by atoms with Gasteiger partial charge in [0.25, 0.3) is 0 Å². The van der Waals surface area contributed by atoms with Gasteiger partial charge in [-0.2, -0.15) is 0 Å². The molecule has 0 radical (unpaired) electrons. The first-order chi connectivity index (χ1) is 9.05. The fourth-order valence-electron chi connectivity index (χ4n) is 3.20. The summed E-state index contributed by atoms with van der Waals surface area (Å²) < 4.78 is 23.5. The number of carbonyl (C=O) groups excluding carboxylic acids is 1. The zero-order valence-electron chi connectivity index (χ0n) is 11.2. The van der Waals surface area contributed by atoms with Crippen molar-refractivity contribution < 1.29 is 13.2 Å². The Hall–Kier alpha value is -0.620. The van der Waals surface area contributed by atoms with Gasteiger partial charge in [0.15, 0.2) is 9.84 Å². The first-order valence-corrected chi connectivity index (χ1v) is 9.14. The van der Waals surface area contributed by atoms with Crippen LogP contribution in [0.1, 0.15) is 38.5 Å². The Bertz CT molecular complexity index is 459. The predicted octanol–water partition coefficient (Wildman–Crippen LogP) is 0.307. The van der Waals surface area contributed by atoms with Crippen LogP contribution < -0.4 is 5.32 Å². The maximum atomic E-state index is 12.5. The SMILES string of the molecule is O=C1C(NC2CC2)CCCN1C1CCCS(=O)(=O)C1. The zero-order valence-corrected chi connectivity index (χ0v) is 12.0. The third-order valence-corrected chi connectivity index (χ3v) is 6.17. The molecule has 0 bridgehead atoms. The number of piperidine rings is 1. The standard InChI is InChI=1S/C13H22N2O3S/c16-13-12(14-10-5-6-10)4-1-7-15(13)11-3-2-8-19(17,18)9-11/h10-12,14H,1-9H2. The molecule has 2 atom stereocenters. The third kappa shape index (κ3) is 3.11. The summed E-state index contributed by atoms with van der Waals surface area (Å²) in [4.78, 5) is 14.3. The number of rotatable bonds is 3. The molecule has 2 unspecified atom stereocenters. The minimum absolute atomic E-state index is 0.0779. The smallest absolute Gasteiger partial charge is 0.239 e. The monoisotopic (exact) mass is 286 g/mol. The molecule has 0 aromatic rings. The van der Waals surface area contributed by atoms with Gasteiger partial charge >= 0.3 is 0 Å². The van der Waals surface area contributed by atoms with Crippen molar-refractivity contribution in [1.29, 1.82) is 0 Å². The van der Waals surface area contributed by atoms with Crippen LogP contribution in [0.3, 0.4) is 0 Å². The average Bonchev–Trinajstić information content (AvgIpc) is 3.14. The molecule has 0 spiro atoms. The molecule has 1 aliphatic carbocycles. The summed E-state index contributed by atoms with van der Waals surface area (Å²) in [7, 11) is -2.95. The second-order valence-electron chi connectivity index (χ2n) is 6.08. The summed E-state index contributed by atoms with van der Waals surface area (Å²) in [5, 5.41) is 3.39. The van der Waals surface area contributed by atoms with E-state index in [1.807, 2.05) is 4.90 Å². The molecule has 3 fully saturated rings. The van der Waals surface area contributed by atoms with Crippen molar-refractivity contribution in [1.82, 2.24) is 10.2 Å². The first-order valence-electron chi connectivity index (χ1n) is 7.32. The lowest BCUT2D eigenvalue weighted by atomic mass is 10.0. The van der Waals surface area contributed by atoms with Gasteiger partial charge in [0.2, 0.25) is 5.91 Å². The number of amides is 1. The first kappa shape index (κ1) is 13.4. The molecule has 2 saturated heterocycles. The molecule has 19 heavy (non-hydrogen) atoms. The van der Waals surface area contributed by atoms with E-state index >= 15 is 0 Å². The molecule has 1 saturated carbocycles. The third-order valence-electron chi connectivity index (χ3n) is 4.37. The van der Waals surface area contributed by atoms with Gasteiger partial charge in [-0.15, -0.1) is 0 Å². The summed E-state index contributed by atoms with van der Waals surface area (Å²) in [5.74, 6) is 0.574. The summed E-state index contributed by atoms with van der Waals surface area (Å²) in [5.41, 5.74) is 0. The van der Waals surface area contributed by atoms with Gasteiger partial charge in [-0.3, -0.25) is 4.79 Å². The molecule has 3 rings (SSSR count). The van der Waals surface area contributed by atoms with Crippen LogP contribution in [-0.4, -0.2) is 55.4 Å². The van der Waals surface area contributed by atoms with Crippen molar-refractivity contribution in [2.45, 2.75) is 56.7 Å². The van der Waals surface area contributed by atoms with Gasteiger partial charge in [0.05, 0.1) is 17.5 Å². The molecule has 1 amide bonds.